The van der Waals surface area contributed by atoms with Gasteiger partial charge in [0.15, 0.2) is 9.84 Å². The summed E-state index contributed by atoms with van der Waals surface area (Å²) in [4.78, 5) is 3.44. The number of fused-ring (bicyclic) bond motifs is 1. The van der Waals surface area contributed by atoms with Crippen LogP contribution < -0.4 is 5.32 Å². The summed E-state index contributed by atoms with van der Waals surface area (Å²) in [5.41, 5.74) is 4.94. The number of benzene rings is 1. The molecule has 2 heterocycles. The molecule has 22 heavy (non-hydrogen) atoms. The van der Waals surface area contributed by atoms with Gasteiger partial charge in [0.2, 0.25) is 0 Å². The molecule has 0 saturated carbocycles. The predicted molar refractivity (Wildman–Crippen MR) is 90.9 cm³/mol. The minimum absolute atomic E-state index is 0.257. The average molecular weight is 320 g/mol. The molecule has 3 rings (SSSR count). The second-order valence-corrected chi connectivity index (χ2v) is 8.75. The van der Waals surface area contributed by atoms with Crippen LogP contribution in [0.2, 0.25) is 0 Å². The Bertz CT molecular complexity index is 777. The van der Waals surface area contributed by atoms with Crippen molar-refractivity contribution in [3.05, 3.63) is 35.0 Å². The normalized spacial score (nSPS) is 21.3. The Morgan fingerprint density at radius 1 is 1.32 bits per heavy atom. The third-order valence-corrected chi connectivity index (χ3v) is 6.60. The zero-order chi connectivity index (χ0) is 15.7. The van der Waals surface area contributed by atoms with E-state index in [-0.39, 0.29) is 5.92 Å². The third-order valence-electron chi connectivity index (χ3n) is 4.71. The fourth-order valence-corrected chi connectivity index (χ4v) is 5.08. The highest BCUT2D eigenvalue weighted by atomic mass is 32.2. The van der Waals surface area contributed by atoms with Crippen LogP contribution >= 0.6 is 0 Å². The molecule has 0 radical (unpaired) electrons. The van der Waals surface area contributed by atoms with Crippen molar-refractivity contribution in [3.8, 4) is 0 Å². The lowest BCUT2D eigenvalue weighted by molar-refractivity contribution is 0.452. The van der Waals surface area contributed by atoms with Crippen LogP contribution in [0.25, 0.3) is 10.9 Å². The minimum atomic E-state index is -2.81. The fourth-order valence-electron chi connectivity index (χ4n) is 3.30. The molecule has 1 aliphatic heterocycles. The number of aryl methyl sites for hydroxylation is 2. The summed E-state index contributed by atoms with van der Waals surface area (Å²) in [5.74, 6) is 0.960. The molecular formula is C17H24N2O2S. The third kappa shape index (κ3) is 3.36. The molecule has 0 amide bonds. The van der Waals surface area contributed by atoms with Crippen LogP contribution in [0.1, 0.15) is 29.7 Å². The van der Waals surface area contributed by atoms with Crippen LogP contribution in [0, 0.1) is 19.8 Å². The van der Waals surface area contributed by atoms with E-state index in [0.29, 0.717) is 11.5 Å². The SMILES string of the molecule is Cc1ccc2[nH]c(CNCC3CCCS(=O)(=O)C3)cc2c1C. The maximum Gasteiger partial charge on any atom is 0.150 e. The molecule has 4 nitrogen and oxygen atoms in total. The largest absolute Gasteiger partial charge is 0.357 e. The Morgan fingerprint density at radius 3 is 2.91 bits per heavy atom. The molecule has 1 aromatic heterocycles. The van der Waals surface area contributed by atoms with Crippen molar-refractivity contribution in [1.29, 1.82) is 0 Å². The van der Waals surface area contributed by atoms with E-state index in [2.05, 4.69) is 42.3 Å². The van der Waals surface area contributed by atoms with Crippen molar-refractivity contribution >= 4 is 20.7 Å². The zero-order valence-corrected chi connectivity index (χ0v) is 14.1. The van der Waals surface area contributed by atoms with Gasteiger partial charge in [-0.2, -0.15) is 0 Å². The molecule has 1 saturated heterocycles. The van der Waals surface area contributed by atoms with Crippen molar-refractivity contribution in [2.45, 2.75) is 33.2 Å². The van der Waals surface area contributed by atoms with E-state index in [1.165, 1.54) is 22.0 Å². The predicted octanol–water partition coefficient (Wildman–Crippen LogP) is 2.70. The van der Waals surface area contributed by atoms with Gasteiger partial charge < -0.3 is 10.3 Å². The zero-order valence-electron chi connectivity index (χ0n) is 13.3. The minimum Gasteiger partial charge on any atom is -0.357 e. The molecule has 1 aliphatic rings. The van der Waals surface area contributed by atoms with Crippen LogP contribution in [0.15, 0.2) is 18.2 Å². The molecule has 0 bridgehead atoms. The quantitative estimate of drug-likeness (QED) is 0.910. The molecule has 1 unspecified atom stereocenters. The van der Waals surface area contributed by atoms with Crippen molar-refractivity contribution in [3.63, 3.8) is 0 Å². The lowest BCUT2D eigenvalue weighted by atomic mass is 10.1. The van der Waals surface area contributed by atoms with Crippen molar-refractivity contribution in [2.24, 2.45) is 5.92 Å². The van der Waals surface area contributed by atoms with Crippen LogP contribution in [0.3, 0.4) is 0 Å². The number of aromatic amines is 1. The van der Waals surface area contributed by atoms with Crippen molar-refractivity contribution in [2.75, 3.05) is 18.1 Å². The molecule has 1 aromatic carbocycles. The van der Waals surface area contributed by atoms with E-state index in [9.17, 15) is 8.42 Å². The van der Waals surface area contributed by atoms with Gasteiger partial charge in [0, 0.05) is 23.1 Å². The number of rotatable bonds is 4. The number of H-pyrrole nitrogens is 1. The van der Waals surface area contributed by atoms with Gasteiger partial charge in [0.25, 0.3) is 0 Å². The lowest BCUT2D eigenvalue weighted by Gasteiger charge is -2.22. The summed E-state index contributed by atoms with van der Waals surface area (Å²) in [7, 11) is -2.81. The Balaban J connectivity index is 1.61. The summed E-state index contributed by atoms with van der Waals surface area (Å²) >= 11 is 0. The second kappa shape index (κ2) is 6.05. The first-order valence-corrected chi connectivity index (χ1v) is 9.76. The topological polar surface area (TPSA) is 62.0 Å². The highest BCUT2D eigenvalue weighted by molar-refractivity contribution is 7.91. The first kappa shape index (κ1) is 15.6. The molecular weight excluding hydrogens is 296 g/mol. The van der Waals surface area contributed by atoms with E-state index in [4.69, 9.17) is 0 Å². The first-order chi connectivity index (χ1) is 10.4. The van der Waals surface area contributed by atoms with E-state index >= 15 is 0 Å². The lowest BCUT2D eigenvalue weighted by Crippen LogP contribution is -2.32. The maximum absolute atomic E-state index is 11.6. The molecule has 2 N–H and O–H groups in total. The standard InChI is InChI=1S/C17H24N2O2S/c1-12-5-6-17-16(13(12)2)8-15(19-17)10-18-9-14-4-3-7-22(20,21)11-14/h5-6,8,14,18-19H,3-4,7,9-11H2,1-2H3. The van der Waals surface area contributed by atoms with Gasteiger partial charge in [-0.25, -0.2) is 8.42 Å². The number of aromatic nitrogens is 1. The van der Waals surface area contributed by atoms with Gasteiger partial charge in [-0.05, 0) is 62.4 Å². The molecule has 1 atom stereocenters. The average Bonchev–Trinajstić information content (AvgIpc) is 2.86. The smallest absolute Gasteiger partial charge is 0.150 e. The van der Waals surface area contributed by atoms with Crippen LogP contribution in [-0.2, 0) is 16.4 Å². The molecule has 0 spiro atoms. The van der Waals surface area contributed by atoms with E-state index < -0.39 is 9.84 Å². The maximum atomic E-state index is 11.6. The Hall–Kier alpha value is -1.33. The van der Waals surface area contributed by atoms with Crippen molar-refractivity contribution < 1.29 is 8.42 Å². The van der Waals surface area contributed by atoms with Crippen LogP contribution in [-0.4, -0.2) is 31.5 Å². The molecule has 0 aliphatic carbocycles. The Kier molecular flexibility index (Phi) is 4.28. The monoisotopic (exact) mass is 320 g/mol. The summed E-state index contributed by atoms with van der Waals surface area (Å²) in [6, 6.07) is 6.45. The number of nitrogens with one attached hydrogen (secondary N) is 2. The van der Waals surface area contributed by atoms with E-state index in [0.717, 1.165) is 31.6 Å². The highest BCUT2D eigenvalue weighted by Gasteiger charge is 2.24. The van der Waals surface area contributed by atoms with Gasteiger partial charge in [-0.1, -0.05) is 6.07 Å². The van der Waals surface area contributed by atoms with Gasteiger partial charge in [0.1, 0.15) is 0 Å². The number of sulfone groups is 1. The molecule has 120 valence electrons. The van der Waals surface area contributed by atoms with Gasteiger partial charge in [-0.3, -0.25) is 0 Å². The Labute approximate surface area is 132 Å². The van der Waals surface area contributed by atoms with Gasteiger partial charge >= 0.3 is 0 Å². The van der Waals surface area contributed by atoms with E-state index in [1.54, 1.807) is 0 Å². The van der Waals surface area contributed by atoms with Crippen LogP contribution in [0.4, 0.5) is 0 Å². The summed E-state index contributed by atoms with van der Waals surface area (Å²) in [5, 5.41) is 4.68. The van der Waals surface area contributed by atoms with Gasteiger partial charge in [-0.15, -0.1) is 0 Å². The molecule has 1 fully saturated rings. The highest BCUT2D eigenvalue weighted by Crippen LogP contribution is 2.22. The van der Waals surface area contributed by atoms with Gasteiger partial charge in [0.05, 0.1) is 11.5 Å². The molecule has 5 heteroatoms. The van der Waals surface area contributed by atoms with E-state index in [1.807, 2.05) is 0 Å². The fraction of sp³-hybridized carbons (Fsp3) is 0.529. The number of hydrogen-bond donors (Lipinski definition) is 2. The first-order valence-electron chi connectivity index (χ1n) is 7.93. The summed E-state index contributed by atoms with van der Waals surface area (Å²) < 4.78 is 23.3. The Morgan fingerprint density at radius 2 is 2.14 bits per heavy atom. The second-order valence-electron chi connectivity index (χ2n) is 6.52. The summed E-state index contributed by atoms with van der Waals surface area (Å²) in [6.45, 7) is 5.80. The van der Waals surface area contributed by atoms with Crippen molar-refractivity contribution in [1.82, 2.24) is 10.3 Å². The molecule has 2 aromatic rings. The number of hydrogen-bond acceptors (Lipinski definition) is 3. The van der Waals surface area contributed by atoms with Crippen LogP contribution in [0.5, 0.6) is 0 Å². The summed E-state index contributed by atoms with van der Waals surface area (Å²) in [6.07, 6.45) is 1.82.